The lowest BCUT2D eigenvalue weighted by molar-refractivity contribution is -0.144. The predicted octanol–water partition coefficient (Wildman–Crippen LogP) is 3.95. The SMILES string of the molecule is CCOC(=O)CCC[C@@H](\C=C/C=C/C=C/[C@H](O)C/C=C\C=C\[C@H](O)CC)OC(C)=O. The molecule has 0 saturated carbocycles. The Hall–Kier alpha value is -2.44. The molecule has 0 aliphatic carbocycles. The highest BCUT2D eigenvalue weighted by Crippen LogP contribution is 2.08. The minimum Gasteiger partial charge on any atom is -0.466 e. The van der Waals surface area contributed by atoms with Gasteiger partial charge in [-0.1, -0.05) is 61.6 Å². The van der Waals surface area contributed by atoms with E-state index in [0.29, 0.717) is 38.7 Å². The maximum Gasteiger partial charge on any atom is 0.305 e. The molecule has 0 saturated heterocycles. The van der Waals surface area contributed by atoms with Crippen molar-refractivity contribution in [2.45, 2.75) is 71.2 Å². The van der Waals surface area contributed by atoms with E-state index in [4.69, 9.17) is 9.47 Å². The van der Waals surface area contributed by atoms with Crippen molar-refractivity contribution in [3.63, 3.8) is 0 Å². The molecule has 6 heteroatoms. The van der Waals surface area contributed by atoms with E-state index in [1.165, 1.54) is 6.92 Å². The summed E-state index contributed by atoms with van der Waals surface area (Å²) in [5, 5.41) is 19.2. The smallest absolute Gasteiger partial charge is 0.305 e. The average Bonchev–Trinajstić information content (AvgIpc) is 2.69. The van der Waals surface area contributed by atoms with Crippen molar-refractivity contribution in [3.05, 3.63) is 60.8 Å². The zero-order valence-electron chi connectivity index (χ0n) is 18.3. The first-order valence-electron chi connectivity index (χ1n) is 10.4. The molecule has 0 amide bonds. The summed E-state index contributed by atoms with van der Waals surface area (Å²) in [6.45, 7) is 5.37. The molecule has 168 valence electrons. The molecule has 0 spiro atoms. The second-order valence-electron chi connectivity index (χ2n) is 6.59. The zero-order chi connectivity index (χ0) is 22.6. The third-order valence-electron chi connectivity index (χ3n) is 3.86. The van der Waals surface area contributed by atoms with Gasteiger partial charge in [-0.2, -0.15) is 0 Å². The second-order valence-corrected chi connectivity index (χ2v) is 6.59. The van der Waals surface area contributed by atoms with Crippen LogP contribution in [0.15, 0.2) is 60.8 Å². The Bertz CT molecular complexity index is 615. The number of allylic oxidation sites excluding steroid dienone is 6. The number of aliphatic hydroxyl groups excluding tert-OH is 2. The first-order chi connectivity index (χ1) is 14.4. The van der Waals surface area contributed by atoms with Gasteiger partial charge in [-0.05, 0) is 38.7 Å². The van der Waals surface area contributed by atoms with E-state index >= 15 is 0 Å². The summed E-state index contributed by atoms with van der Waals surface area (Å²) in [5.41, 5.74) is 0. The van der Waals surface area contributed by atoms with E-state index in [-0.39, 0.29) is 11.9 Å². The molecule has 2 N–H and O–H groups in total. The predicted molar refractivity (Wildman–Crippen MR) is 119 cm³/mol. The van der Waals surface area contributed by atoms with Crippen LogP contribution in [0.4, 0.5) is 0 Å². The van der Waals surface area contributed by atoms with Gasteiger partial charge in [0, 0.05) is 13.3 Å². The lowest BCUT2D eigenvalue weighted by atomic mass is 10.1. The van der Waals surface area contributed by atoms with Gasteiger partial charge in [-0.25, -0.2) is 0 Å². The van der Waals surface area contributed by atoms with Crippen LogP contribution in [0.2, 0.25) is 0 Å². The maximum atomic E-state index is 11.4. The minimum atomic E-state index is -0.601. The minimum absolute atomic E-state index is 0.254. The molecule has 0 aromatic rings. The van der Waals surface area contributed by atoms with Gasteiger partial charge < -0.3 is 19.7 Å². The average molecular weight is 421 g/mol. The topological polar surface area (TPSA) is 93.1 Å². The summed E-state index contributed by atoms with van der Waals surface area (Å²) in [6.07, 6.45) is 18.7. The Kier molecular flexibility index (Phi) is 17.1. The molecule has 0 radical (unpaired) electrons. The highest BCUT2D eigenvalue weighted by molar-refractivity contribution is 5.69. The molecule has 0 aromatic carbocycles. The van der Waals surface area contributed by atoms with E-state index < -0.39 is 18.3 Å². The van der Waals surface area contributed by atoms with E-state index in [9.17, 15) is 19.8 Å². The maximum absolute atomic E-state index is 11.4. The molecular weight excluding hydrogens is 384 g/mol. The van der Waals surface area contributed by atoms with Crippen LogP contribution in [-0.4, -0.2) is 47.1 Å². The first-order valence-corrected chi connectivity index (χ1v) is 10.4. The number of hydrogen-bond donors (Lipinski definition) is 2. The van der Waals surface area contributed by atoms with Crippen molar-refractivity contribution < 1.29 is 29.3 Å². The van der Waals surface area contributed by atoms with Crippen LogP contribution in [0, 0.1) is 0 Å². The lowest BCUT2D eigenvalue weighted by Crippen LogP contribution is -2.14. The van der Waals surface area contributed by atoms with Crippen molar-refractivity contribution in [2.75, 3.05) is 6.61 Å². The summed E-state index contributed by atoms with van der Waals surface area (Å²) >= 11 is 0. The number of rotatable bonds is 15. The number of aliphatic hydroxyl groups is 2. The summed E-state index contributed by atoms with van der Waals surface area (Å²) < 4.78 is 10.1. The lowest BCUT2D eigenvalue weighted by Gasteiger charge is -2.12. The van der Waals surface area contributed by atoms with Gasteiger partial charge in [0.15, 0.2) is 0 Å². The van der Waals surface area contributed by atoms with Crippen LogP contribution in [0.5, 0.6) is 0 Å². The number of hydrogen-bond acceptors (Lipinski definition) is 6. The normalized spacial score (nSPS) is 15.5. The number of carbonyl (C=O) groups excluding carboxylic acids is 2. The van der Waals surface area contributed by atoms with Crippen molar-refractivity contribution in [3.8, 4) is 0 Å². The fourth-order valence-corrected chi connectivity index (χ4v) is 2.30. The molecule has 0 unspecified atom stereocenters. The van der Waals surface area contributed by atoms with E-state index in [1.807, 2.05) is 13.0 Å². The van der Waals surface area contributed by atoms with E-state index in [0.717, 1.165) is 0 Å². The van der Waals surface area contributed by atoms with Crippen molar-refractivity contribution in [1.82, 2.24) is 0 Å². The largest absolute Gasteiger partial charge is 0.466 e. The fourth-order valence-electron chi connectivity index (χ4n) is 2.30. The Labute approximate surface area is 180 Å². The van der Waals surface area contributed by atoms with Crippen LogP contribution in [0.25, 0.3) is 0 Å². The summed E-state index contributed by atoms with van der Waals surface area (Å²) in [4.78, 5) is 22.6. The van der Waals surface area contributed by atoms with Gasteiger partial charge in [0.05, 0.1) is 18.8 Å². The van der Waals surface area contributed by atoms with Crippen LogP contribution >= 0.6 is 0 Å². The number of esters is 2. The van der Waals surface area contributed by atoms with Crippen LogP contribution in [-0.2, 0) is 19.1 Å². The molecule has 0 aliphatic heterocycles. The molecule has 0 fully saturated rings. The molecule has 0 bridgehead atoms. The molecule has 6 nitrogen and oxygen atoms in total. The second kappa shape index (κ2) is 18.6. The van der Waals surface area contributed by atoms with Crippen LogP contribution in [0.3, 0.4) is 0 Å². The van der Waals surface area contributed by atoms with Gasteiger partial charge in [0.1, 0.15) is 6.10 Å². The molecule has 0 rings (SSSR count). The highest BCUT2D eigenvalue weighted by atomic mass is 16.5. The van der Waals surface area contributed by atoms with Gasteiger partial charge in [-0.15, -0.1) is 0 Å². The van der Waals surface area contributed by atoms with Gasteiger partial charge >= 0.3 is 11.9 Å². The third-order valence-corrected chi connectivity index (χ3v) is 3.86. The molecule has 30 heavy (non-hydrogen) atoms. The Morgan fingerprint density at radius 1 is 0.900 bits per heavy atom. The number of ether oxygens (including phenoxy) is 2. The quantitative estimate of drug-likeness (QED) is 0.308. The first kappa shape index (κ1) is 27.6. The molecule has 0 aromatic heterocycles. The van der Waals surface area contributed by atoms with Crippen LogP contribution < -0.4 is 0 Å². The van der Waals surface area contributed by atoms with E-state index in [1.54, 1.807) is 61.6 Å². The monoisotopic (exact) mass is 420 g/mol. The highest BCUT2D eigenvalue weighted by Gasteiger charge is 2.09. The number of carbonyl (C=O) groups is 2. The Morgan fingerprint density at radius 3 is 2.17 bits per heavy atom. The standard InChI is InChI=1S/C24H36O6/c1-4-21(26)14-10-8-11-16-22(27)15-9-6-7-12-17-23(30-20(3)25)18-13-19-24(28)29-5-2/h6-12,14-15,17,21-23,26-27H,4-5,13,16,18-19H2,1-3H3/b7-6+,11-8-,14-10+,15-9+,17-12-/t21-,22+,23-/m1/s1. The van der Waals surface area contributed by atoms with E-state index in [2.05, 4.69) is 0 Å². The summed E-state index contributed by atoms with van der Waals surface area (Å²) in [7, 11) is 0. The van der Waals surface area contributed by atoms with Gasteiger partial charge in [0.25, 0.3) is 0 Å². The zero-order valence-corrected chi connectivity index (χ0v) is 18.3. The summed E-state index contributed by atoms with van der Waals surface area (Å²) in [6, 6.07) is 0. The van der Waals surface area contributed by atoms with Gasteiger partial charge in [-0.3, -0.25) is 9.59 Å². The fraction of sp³-hybridized carbons (Fsp3) is 0.500. The molecule has 0 heterocycles. The molecule has 0 aliphatic rings. The van der Waals surface area contributed by atoms with Crippen molar-refractivity contribution in [1.29, 1.82) is 0 Å². The molecular formula is C24H36O6. The van der Waals surface area contributed by atoms with Crippen molar-refractivity contribution in [2.24, 2.45) is 0 Å². The Morgan fingerprint density at radius 2 is 1.53 bits per heavy atom. The van der Waals surface area contributed by atoms with Gasteiger partial charge in [0.2, 0.25) is 0 Å². The van der Waals surface area contributed by atoms with Crippen molar-refractivity contribution >= 4 is 11.9 Å². The third kappa shape index (κ3) is 17.6. The Balaban J connectivity index is 4.34. The van der Waals surface area contributed by atoms with Crippen LogP contribution in [0.1, 0.15) is 52.9 Å². The molecule has 3 atom stereocenters. The summed E-state index contributed by atoms with van der Waals surface area (Å²) in [5.74, 6) is -0.629.